The van der Waals surface area contributed by atoms with Crippen molar-refractivity contribution in [2.75, 3.05) is 16.3 Å². The number of benzene rings is 1. The number of allylic oxidation sites excluding steroid dienone is 1. The predicted octanol–water partition coefficient (Wildman–Crippen LogP) is 2.60. The number of nitrogens with zero attached hydrogens (tertiary/aromatic N) is 2. The summed E-state index contributed by atoms with van der Waals surface area (Å²) >= 11 is 0. The summed E-state index contributed by atoms with van der Waals surface area (Å²) in [5, 5.41) is 20.1. The third-order valence-corrected chi connectivity index (χ3v) is 4.36. The molecule has 2 rings (SSSR count). The van der Waals surface area contributed by atoms with E-state index >= 15 is 0 Å². The quantitative estimate of drug-likeness (QED) is 0.588. The number of aromatic nitrogens is 1. The van der Waals surface area contributed by atoms with Crippen LogP contribution in [0.3, 0.4) is 0 Å². The van der Waals surface area contributed by atoms with Gasteiger partial charge in [0.2, 0.25) is 10.0 Å². The fourth-order valence-corrected chi connectivity index (χ4v) is 3.11. The van der Waals surface area contributed by atoms with Gasteiger partial charge in [-0.15, -0.1) is 0 Å². The molecule has 146 valence electrons. The smallest absolute Gasteiger partial charge is 0.250 e. The average molecular weight is 399 g/mol. The van der Waals surface area contributed by atoms with Crippen molar-refractivity contribution in [3.63, 3.8) is 0 Å². The van der Waals surface area contributed by atoms with Gasteiger partial charge < -0.3 is 15.3 Å². The molecule has 0 spiro atoms. The van der Waals surface area contributed by atoms with Crippen LogP contribution in [0.4, 0.5) is 11.4 Å². The fraction of sp³-hybridized carbons (Fsp3) is 0.211. The van der Waals surface area contributed by atoms with Gasteiger partial charge in [-0.1, -0.05) is 13.0 Å². The number of hydrogen-bond donors (Lipinski definition) is 3. The standard InChI is InChI=1S/C19H21N5O3S/c1-3-8-24-13-17(5-7-19(24)25)22-12-15(11-21)18-6-4-16(9-14(18)10-20)23-28(2,26)27/h4-7,9,11-13,21-23H,3,8H2,1-2H3/b15-12+,21-11?. The number of nitrogens with one attached hydrogen (secondary N) is 3. The molecule has 0 atom stereocenters. The van der Waals surface area contributed by atoms with Gasteiger partial charge >= 0.3 is 0 Å². The van der Waals surface area contributed by atoms with Crippen LogP contribution in [0.5, 0.6) is 0 Å². The molecule has 0 amide bonds. The fourth-order valence-electron chi connectivity index (χ4n) is 2.56. The van der Waals surface area contributed by atoms with Gasteiger partial charge in [-0.3, -0.25) is 9.52 Å². The van der Waals surface area contributed by atoms with Crippen molar-refractivity contribution in [2.24, 2.45) is 0 Å². The zero-order valence-electron chi connectivity index (χ0n) is 15.6. The minimum atomic E-state index is -3.46. The molecule has 2 aromatic rings. The molecule has 1 heterocycles. The lowest BCUT2D eigenvalue weighted by Gasteiger charge is -2.10. The van der Waals surface area contributed by atoms with Gasteiger partial charge in [-0.2, -0.15) is 5.26 Å². The minimum absolute atomic E-state index is 0.0932. The summed E-state index contributed by atoms with van der Waals surface area (Å²) in [6.07, 6.45) is 6.19. The number of rotatable bonds is 8. The van der Waals surface area contributed by atoms with Gasteiger partial charge in [0, 0.05) is 48.0 Å². The summed E-state index contributed by atoms with van der Waals surface area (Å²) in [5.74, 6) is 0. The maximum Gasteiger partial charge on any atom is 0.250 e. The number of aryl methyl sites for hydroxylation is 1. The van der Waals surface area contributed by atoms with Gasteiger partial charge in [0.1, 0.15) is 0 Å². The van der Waals surface area contributed by atoms with E-state index in [9.17, 15) is 18.5 Å². The van der Waals surface area contributed by atoms with Crippen LogP contribution < -0.4 is 15.6 Å². The Balaban J connectivity index is 2.34. The van der Waals surface area contributed by atoms with Crippen molar-refractivity contribution < 1.29 is 8.42 Å². The van der Waals surface area contributed by atoms with Gasteiger partial charge in [0.05, 0.1) is 23.6 Å². The predicted molar refractivity (Wildman–Crippen MR) is 111 cm³/mol. The van der Waals surface area contributed by atoms with Crippen molar-refractivity contribution in [3.05, 3.63) is 64.2 Å². The molecule has 0 aliphatic heterocycles. The molecule has 8 nitrogen and oxygen atoms in total. The summed E-state index contributed by atoms with van der Waals surface area (Å²) in [5.41, 5.74) is 1.97. The van der Waals surface area contributed by atoms with E-state index in [1.54, 1.807) is 29.1 Å². The van der Waals surface area contributed by atoms with Crippen LogP contribution >= 0.6 is 0 Å². The van der Waals surface area contributed by atoms with E-state index < -0.39 is 10.0 Å². The Morgan fingerprint density at radius 3 is 2.61 bits per heavy atom. The zero-order chi connectivity index (χ0) is 20.7. The van der Waals surface area contributed by atoms with Crippen LogP contribution in [0.25, 0.3) is 5.57 Å². The summed E-state index contributed by atoms with van der Waals surface area (Å²) in [7, 11) is -3.46. The molecule has 0 bridgehead atoms. The average Bonchev–Trinajstić information content (AvgIpc) is 2.64. The second-order valence-corrected chi connectivity index (χ2v) is 7.83. The Kier molecular flexibility index (Phi) is 6.74. The minimum Gasteiger partial charge on any atom is -0.360 e. The molecule has 0 aliphatic rings. The van der Waals surface area contributed by atoms with Gasteiger partial charge in [0.15, 0.2) is 0 Å². The highest BCUT2D eigenvalue weighted by atomic mass is 32.2. The first-order valence-corrected chi connectivity index (χ1v) is 10.4. The lowest BCUT2D eigenvalue weighted by molar-refractivity contribution is 0.607. The molecule has 0 radical (unpaired) electrons. The molecule has 0 fully saturated rings. The van der Waals surface area contributed by atoms with E-state index in [0.29, 0.717) is 23.4 Å². The normalized spacial score (nSPS) is 11.5. The summed E-state index contributed by atoms with van der Waals surface area (Å²) in [6.45, 7) is 2.58. The van der Waals surface area contributed by atoms with Gasteiger partial charge in [0.25, 0.3) is 5.56 Å². The van der Waals surface area contributed by atoms with Crippen LogP contribution in [0.15, 0.2) is 47.5 Å². The maximum absolute atomic E-state index is 11.8. The van der Waals surface area contributed by atoms with Crippen molar-refractivity contribution in [3.8, 4) is 6.07 Å². The van der Waals surface area contributed by atoms with Crippen molar-refractivity contribution in [1.29, 1.82) is 10.7 Å². The number of pyridine rings is 1. The number of nitriles is 1. The van der Waals surface area contributed by atoms with Crippen LogP contribution in [-0.4, -0.2) is 25.5 Å². The number of hydrogen-bond acceptors (Lipinski definition) is 6. The Morgan fingerprint density at radius 2 is 2.00 bits per heavy atom. The van der Waals surface area contributed by atoms with E-state index in [4.69, 9.17) is 5.41 Å². The Bertz CT molecular complexity index is 1110. The van der Waals surface area contributed by atoms with E-state index in [1.807, 2.05) is 13.0 Å². The first kappa shape index (κ1) is 20.9. The summed E-state index contributed by atoms with van der Waals surface area (Å²) in [6, 6.07) is 9.62. The van der Waals surface area contributed by atoms with E-state index in [1.165, 1.54) is 18.2 Å². The third kappa shape index (κ3) is 5.56. The first-order chi connectivity index (χ1) is 13.3. The van der Waals surface area contributed by atoms with E-state index in [-0.39, 0.29) is 16.8 Å². The zero-order valence-corrected chi connectivity index (χ0v) is 16.4. The van der Waals surface area contributed by atoms with E-state index in [0.717, 1.165) is 18.9 Å². The molecule has 28 heavy (non-hydrogen) atoms. The molecular weight excluding hydrogens is 378 g/mol. The summed E-state index contributed by atoms with van der Waals surface area (Å²) in [4.78, 5) is 11.8. The van der Waals surface area contributed by atoms with E-state index in [2.05, 4.69) is 10.0 Å². The molecule has 1 aromatic heterocycles. The van der Waals surface area contributed by atoms with Crippen LogP contribution in [-0.2, 0) is 16.6 Å². The van der Waals surface area contributed by atoms with Gasteiger partial charge in [-0.25, -0.2) is 8.42 Å². The lowest BCUT2D eigenvalue weighted by atomic mass is 10.0. The third-order valence-electron chi connectivity index (χ3n) is 3.75. The highest BCUT2D eigenvalue weighted by Crippen LogP contribution is 2.22. The highest BCUT2D eigenvalue weighted by Gasteiger charge is 2.10. The molecule has 0 unspecified atom stereocenters. The van der Waals surface area contributed by atoms with Gasteiger partial charge in [-0.05, 0) is 24.6 Å². The Labute approximate surface area is 163 Å². The molecule has 0 aliphatic carbocycles. The molecule has 3 N–H and O–H groups in total. The topological polar surface area (TPSA) is 128 Å². The molecule has 1 aromatic carbocycles. The van der Waals surface area contributed by atoms with Crippen molar-refractivity contribution in [2.45, 2.75) is 19.9 Å². The Morgan fingerprint density at radius 1 is 1.29 bits per heavy atom. The number of sulfonamides is 1. The van der Waals surface area contributed by atoms with Crippen LogP contribution in [0, 0.1) is 16.7 Å². The molecule has 9 heteroatoms. The monoisotopic (exact) mass is 399 g/mol. The lowest BCUT2D eigenvalue weighted by Crippen LogP contribution is -2.18. The summed E-state index contributed by atoms with van der Waals surface area (Å²) < 4.78 is 26.6. The number of anilines is 2. The highest BCUT2D eigenvalue weighted by molar-refractivity contribution is 7.92. The second-order valence-electron chi connectivity index (χ2n) is 6.08. The first-order valence-electron chi connectivity index (χ1n) is 8.47. The largest absolute Gasteiger partial charge is 0.360 e. The van der Waals surface area contributed by atoms with Crippen LogP contribution in [0.2, 0.25) is 0 Å². The van der Waals surface area contributed by atoms with Crippen molar-refractivity contribution in [1.82, 2.24) is 4.57 Å². The van der Waals surface area contributed by atoms with Crippen molar-refractivity contribution >= 4 is 33.2 Å². The molecule has 0 saturated carbocycles. The Hall–Kier alpha value is -3.38. The molecular formula is C19H21N5O3S. The second kappa shape index (κ2) is 9.01. The molecule has 0 saturated heterocycles. The maximum atomic E-state index is 11.8. The van der Waals surface area contributed by atoms with Crippen LogP contribution in [0.1, 0.15) is 24.5 Å². The SMILES string of the molecule is CCCn1cc(N/C=C(\C=N)c2ccc(NS(C)(=O)=O)cc2C#N)ccc1=O.